The molecule has 1 heterocycles. The first-order valence-electron chi connectivity index (χ1n) is 6.57. The zero-order valence-corrected chi connectivity index (χ0v) is 12.0. The summed E-state index contributed by atoms with van der Waals surface area (Å²) in [7, 11) is 1.62. The molecular formula is C14H21NO3S. The first-order valence-corrected chi connectivity index (χ1v) is 7.72. The number of methoxy groups -OCH3 is 1. The van der Waals surface area contributed by atoms with Gasteiger partial charge in [0.05, 0.1) is 13.7 Å². The highest BCUT2D eigenvalue weighted by molar-refractivity contribution is 7.99. The minimum Gasteiger partial charge on any atom is -0.493 e. The lowest BCUT2D eigenvalue weighted by Crippen LogP contribution is -2.13. The van der Waals surface area contributed by atoms with E-state index in [0.717, 1.165) is 18.2 Å². The maximum atomic E-state index is 8.82. The van der Waals surface area contributed by atoms with Crippen molar-refractivity contribution < 1.29 is 14.6 Å². The molecule has 0 aromatic heterocycles. The quantitative estimate of drug-likeness (QED) is 0.803. The van der Waals surface area contributed by atoms with Crippen molar-refractivity contribution in [3.05, 3.63) is 18.2 Å². The molecule has 0 amide bonds. The molecule has 1 saturated heterocycles. The van der Waals surface area contributed by atoms with E-state index in [9.17, 15) is 0 Å². The number of benzene rings is 1. The van der Waals surface area contributed by atoms with E-state index in [-0.39, 0.29) is 13.2 Å². The Morgan fingerprint density at radius 2 is 2.32 bits per heavy atom. The number of thioether (sulfide) groups is 1. The molecule has 5 heteroatoms. The number of aliphatic hydroxyl groups excluding tert-OH is 1. The lowest BCUT2D eigenvalue weighted by atomic mass is 10.1. The second kappa shape index (κ2) is 7.50. The van der Waals surface area contributed by atoms with Crippen molar-refractivity contribution in [1.29, 1.82) is 0 Å². The fourth-order valence-electron chi connectivity index (χ4n) is 2.06. The van der Waals surface area contributed by atoms with Gasteiger partial charge in [0, 0.05) is 18.3 Å². The van der Waals surface area contributed by atoms with E-state index < -0.39 is 0 Å². The predicted octanol–water partition coefficient (Wildman–Crippen LogP) is 2.23. The lowest BCUT2D eigenvalue weighted by molar-refractivity contribution is 0.196. The van der Waals surface area contributed by atoms with Gasteiger partial charge >= 0.3 is 0 Å². The summed E-state index contributed by atoms with van der Waals surface area (Å²) in [5.74, 6) is 4.64. The molecule has 0 radical (unpaired) electrons. The van der Waals surface area contributed by atoms with E-state index in [1.165, 1.54) is 17.9 Å². The van der Waals surface area contributed by atoms with Gasteiger partial charge in [-0.15, -0.1) is 0 Å². The molecule has 1 atom stereocenters. The fourth-order valence-corrected chi connectivity index (χ4v) is 3.35. The molecule has 4 nitrogen and oxygen atoms in total. The van der Waals surface area contributed by atoms with Crippen molar-refractivity contribution in [2.24, 2.45) is 5.92 Å². The largest absolute Gasteiger partial charge is 0.493 e. The summed E-state index contributed by atoms with van der Waals surface area (Å²) in [4.78, 5) is 0. The van der Waals surface area contributed by atoms with E-state index in [0.29, 0.717) is 11.5 Å². The third-order valence-corrected chi connectivity index (χ3v) is 4.36. The summed E-state index contributed by atoms with van der Waals surface area (Å²) < 4.78 is 10.7. The zero-order chi connectivity index (χ0) is 13.5. The molecule has 1 aliphatic heterocycles. The van der Waals surface area contributed by atoms with Crippen LogP contribution in [0.2, 0.25) is 0 Å². The molecule has 1 aromatic rings. The number of anilines is 1. The Labute approximate surface area is 118 Å². The number of hydrogen-bond donors (Lipinski definition) is 2. The maximum absolute atomic E-state index is 8.82. The molecular weight excluding hydrogens is 262 g/mol. The van der Waals surface area contributed by atoms with Crippen LogP contribution in [0.3, 0.4) is 0 Å². The summed E-state index contributed by atoms with van der Waals surface area (Å²) in [6.07, 6.45) is 1.29. The molecule has 1 fully saturated rings. The standard InChI is InChI=1S/C14H21NO3S/c1-17-13-3-2-12(8-14(13)18-6-5-16)15-9-11-4-7-19-10-11/h2-3,8,11,15-16H,4-7,9-10H2,1H3. The van der Waals surface area contributed by atoms with Gasteiger partial charge in [-0.2, -0.15) is 11.8 Å². The lowest BCUT2D eigenvalue weighted by Gasteiger charge is -2.14. The third-order valence-electron chi connectivity index (χ3n) is 3.13. The van der Waals surface area contributed by atoms with Gasteiger partial charge < -0.3 is 19.9 Å². The number of rotatable bonds is 7. The third kappa shape index (κ3) is 4.21. The van der Waals surface area contributed by atoms with Crippen LogP contribution in [0, 0.1) is 5.92 Å². The average Bonchev–Trinajstić information content (AvgIpc) is 2.96. The van der Waals surface area contributed by atoms with Gasteiger partial charge in [-0.3, -0.25) is 0 Å². The Hall–Kier alpha value is -1.07. The summed E-state index contributed by atoms with van der Waals surface area (Å²) >= 11 is 2.03. The highest BCUT2D eigenvalue weighted by Crippen LogP contribution is 2.31. The van der Waals surface area contributed by atoms with Crippen molar-refractivity contribution in [3.8, 4) is 11.5 Å². The normalized spacial score (nSPS) is 18.3. The molecule has 0 saturated carbocycles. The van der Waals surface area contributed by atoms with E-state index >= 15 is 0 Å². The molecule has 19 heavy (non-hydrogen) atoms. The number of aliphatic hydroxyl groups is 1. The van der Waals surface area contributed by atoms with Crippen molar-refractivity contribution in [3.63, 3.8) is 0 Å². The van der Waals surface area contributed by atoms with Crippen LogP contribution in [-0.4, -0.2) is 43.5 Å². The van der Waals surface area contributed by atoms with Crippen LogP contribution >= 0.6 is 11.8 Å². The smallest absolute Gasteiger partial charge is 0.163 e. The Morgan fingerprint density at radius 3 is 3.00 bits per heavy atom. The summed E-state index contributed by atoms with van der Waals surface area (Å²) in [6.45, 7) is 1.28. The second-order valence-corrected chi connectivity index (χ2v) is 5.70. The van der Waals surface area contributed by atoms with Gasteiger partial charge in [0.25, 0.3) is 0 Å². The van der Waals surface area contributed by atoms with Gasteiger partial charge in [-0.25, -0.2) is 0 Å². The van der Waals surface area contributed by atoms with Crippen LogP contribution < -0.4 is 14.8 Å². The summed E-state index contributed by atoms with van der Waals surface area (Å²) in [6, 6.07) is 5.81. The van der Waals surface area contributed by atoms with Crippen LogP contribution in [0.25, 0.3) is 0 Å². The zero-order valence-electron chi connectivity index (χ0n) is 11.2. The Bertz CT molecular complexity index is 394. The van der Waals surface area contributed by atoms with Gasteiger partial charge in [0.1, 0.15) is 6.61 Å². The highest BCUT2D eigenvalue weighted by Gasteiger charge is 2.15. The molecule has 2 N–H and O–H groups in total. The molecule has 106 valence electrons. The van der Waals surface area contributed by atoms with Crippen LogP contribution in [0.5, 0.6) is 11.5 Å². The first-order chi connectivity index (χ1) is 9.33. The fraction of sp³-hybridized carbons (Fsp3) is 0.571. The summed E-state index contributed by atoms with van der Waals surface area (Å²) in [5, 5.41) is 12.3. The van der Waals surface area contributed by atoms with Crippen LogP contribution in [0.1, 0.15) is 6.42 Å². The van der Waals surface area contributed by atoms with Crippen LogP contribution in [0.4, 0.5) is 5.69 Å². The number of hydrogen-bond acceptors (Lipinski definition) is 5. The Morgan fingerprint density at radius 1 is 1.42 bits per heavy atom. The molecule has 1 aromatic carbocycles. The van der Waals surface area contributed by atoms with E-state index in [4.69, 9.17) is 14.6 Å². The number of nitrogens with one attached hydrogen (secondary N) is 1. The first kappa shape index (κ1) is 14.3. The monoisotopic (exact) mass is 283 g/mol. The molecule has 0 bridgehead atoms. The minimum absolute atomic E-state index is 0.000107. The minimum atomic E-state index is 0.000107. The van der Waals surface area contributed by atoms with Crippen molar-refractivity contribution in [2.75, 3.05) is 43.7 Å². The van der Waals surface area contributed by atoms with Gasteiger partial charge in [0.15, 0.2) is 11.5 Å². The number of ether oxygens (including phenoxy) is 2. The van der Waals surface area contributed by atoms with Gasteiger partial charge in [0.2, 0.25) is 0 Å². The maximum Gasteiger partial charge on any atom is 0.163 e. The van der Waals surface area contributed by atoms with E-state index in [2.05, 4.69) is 5.32 Å². The molecule has 0 spiro atoms. The van der Waals surface area contributed by atoms with Gasteiger partial charge in [-0.05, 0) is 36.0 Å². The Kier molecular flexibility index (Phi) is 5.66. The van der Waals surface area contributed by atoms with Gasteiger partial charge in [-0.1, -0.05) is 0 Å². The topological polar surface area (TPSA) is 50.7 Å². The highest BCUT2D eigenvalue weighted by atomic mass is 32.2. The SMILES string of the molecule is COc1ccc(NCC2CCSC2)cc1OCCO. The molecule has 0 aliphatic carbocycles. The van der Waals surface area contributed by atoms with Crippen molar-refractivity contribution in [1.82, 2.24) is 0 Å². The van der Waals surface area contributed by atoms with Crippen LogP contribution in [0.15, 0.2) is 18.2 Å². The average molecular weight is 283 g/mol. The molecule has 2 rings (SSSR count). The second-order valence-electron chi connectivity index (χ2n) is 4.55. The molecule has 1 aliphatic rings. The van der Waals surface area contributed by atoms with E-state index in [1.54, 1.807) is 7.11 Å². The van der Waals surface area contributed by atoms with Crippen molar-refractivity contribution in [2.45, 2.75) is 6.42 Å². The molecule has 1 unspecified atom stereocenters. The van der Waals surface area contributed by atoms with E-state index in [1.807, 2.05) is 30.0 Å². The summed E-state index contributed by atoms with van der Waals surface area (Å²) in [5.41, 5.74) is 1.03. The van der Waals surface area contributed by atoms with Crippen LogP contribution in [-0.2, 0) is 0 Å². The van der Waals surface area contributed by atoms with Crippen molar-refractivity contribution >= 4 is 17.4 Å². The predicted molar refractivity (Wildman–Crippen MR) is 79.5 cm³/mol. The Balaban J connectivity index is 1.95.